The summed E-state index contributed by atoms with van der Waals surface area (Å²) < 4.78 is 78.4. The standard InChI is InChI=1S/C17H16F3NO5S/c1-21(10-13-11-24-15-7-2-3-8-16(15)25-13)27(22,23)14-6-4-5-12(9-14)26-17(18,19)20/h2-9,13H,10-11H2,1H3. The topological polar surface area (TPSA) is 65.1 Å². The number of rotatable bonds is 5. The van der Waals surface area contributed by atoms with Gasteiger partial charge in [-0.3, -0.25) is 0 Å². The van der Waals surface area contributed by atoms with Gasteiger partial charge in [-0.1, -0.05) is 18.2 Å². The van der Waals surface area contributed by atoms with Gasteiger partial charge in [0, 0.05) is 13.1 Å². The molecule has 10 heteroatoms. The van der Waals surface area contributed by atoms with Gasteiger partial charge in [0.15, 0.2) is 11.5 Å². The second-order valence-electron chi connectivity index (χ2n) is 5.81. The molecule has 0 spiro atoms. The van der Waals surface area contributed by atoms with E-state index in [4.69, 9.17) is 9.47 Å². The second-order valence-corrected chi connectivity index (χ2v) is 7.85. The number of ether oxygens (including phenoxy) is 3. The summed E-state index contributed by atoms with van der Waals surface area (Å²) in [5, 5.41) is 0. The van der Waals surface area contributed by atoms with E-state index in [2.05, 4.69) is 4.74 Å². The monoisotopic (exact) mass is 403 g/mol. The number of alkyl halides is 3. The fourth-order valence-corrected chi connectivity index (χ4v) is 3.79. The Morgan fingerprint density at radius 3 is 2.56 bits per heavy atom. The molecule has 27 heavy (non-hydrogen) atoms. The van der Waals surface area contributed by atoms with E-state index in [9.17, 15) is 21.6 Å². The lowest BCUT2D eigenvalue weighted by molar-refractivity contribution is -0.274. The van der Waals surface area contributed by atoms with Gasteiger partial charge in [-0.25, -0.2) is 8.42 Å². The summed E-state index contributed by atoms with van der Waals surface area (Å²) in [5.41, 5.74) is 0. The summed E-state index contributed by atoms with van der Waals surface area (Å²) in [6.45, 7) is 0.106. The van der Waals surface area contributed by atoms with Crippen molar-refractivity contribution in [3.05, 3.63) is 48.5 Å². The van der Waals surface area contributed by atoms with Gasteiger partial charge in [-0.15, -0.1) is 13.2 Å². The van der Waals surface area contributed by atoms with Crippen molar-refractivity contribution in [1.82, 2.24) is 4.31 Å². The van der Waals surface area contributed by atoms with Crippen LogP contribution in [0.1, 0.15) is 0 Å². The maximum atomic E-state index is 12.7. The molecule has 0 saturated carbocycles. The van der Waals surface area contributed by atoms with E-state index in [1.165, 1.54) is 19.2 Å². The van der Waals surface area contributed by atoms with Gasteiger partial charge >= 0.3 is 6.36 Å². The van der Waals surface area contributed by atoms with Crippen molar-refractivity contribution in [3.8, 4) is 17.2 Å². The third-order valence-electron chi connectivity index (χ3n) is 3.78. The minimum absolute atomic E-state index is 0.0407. The van der Waals surface area contributed by atoms with E-state index < -0.39 is 28.2 Å². The molecule has 0 bridgehead atoms. The van der Waals surface area contributed by atoms with E-state index in [1.807, 2.05) is 0 Å². The van der Waals surface area contributed by atoms with Crippen LogP contribution >= 0.6 is 0 Å². The smallest absolute Gasteiger partial charge is 0.486 e. The van der Waals surface area contributed by atoms with Crippen molar-refractivity contribution in [2.24, 2.45) is 0 Å². The molecule has 1 atom stereocenters. The minimum Gasteiger partial charge on any atom is -0.486 e. The number of likely N-dealkylation sites (N-methyl/N-ethyl adjacent to an activating group) is 1. The molecule has 3 rings (SSSR count). The highest BCUT2D eigenvalue weighted by Crippen LogP contribution is 2.31. The van der Waals surface area contributed by atoms with Gasteiger partial charge in [-0.05, 0) is 24.3 Å². The number of halogens is 3. The zero-order valence-electron chi connectivity index (χ0n) is 14.1. The van der Waals surface area contributed by atoms with E-state index in [1.54, 1.807) is 24.3 Å². The number of sulfonamides is 1. The van der Waals surface area contributed by atoms with Gasteiger partial charge in [0.05, 0.1) is 11.4 Å². The van der Waals surface area contributed by atoms with Crippen LogP contribution in [0.25, 0.3) is 0 Å². The van der Waals surface area contributed by atoms with Crippen molar-refractivity contribution in [1.29, 1.82) is 0 Å². The first-order valence-electron chi connectivity index (χ1n) is 7.86. The maximum Gasteiger partial charge on any atom is 0.573 e. The molecule has 1 heterocycles. The van der Waals surface area contributed by atoms with Crippen molar-refractivity contribution in [2.75, 3.05) is 20.2 Å². The third-order valence-corrected chi connectivity index (χ3v) is 5.59. The molecule has 0 aromatic heterocycles. The van der Waals surface area contributed by atoms with Crippen LogP contribution in [0.15, 0.2) is 53.4 Å². The minimum atomic E-state index is -4.91. The summed E-state index contributed by atoms with van der Waals surface area (Å²) in [5.74, 6) is 0.458. The average Bonchev–Trinajstić information content (AvgIpc) is 2.60. The Kier molecular flexibility index (Phi) is 5.20. The van der Waals surface area contributed by atoms with Crippen LogP contribution in [0.4, 0.5) is 13.2 Å². The molecule has 2 aromatic carbocycles. The lowest BCUT2D eigenvalue weighted by atomic mass is 10.2. The molecule has 146 valence electrons. The molecule has 1 aliphatic heterocycles. The lowest BCUT2D eigenvalue weighted by Crippen LogP contribution is -2.41. The highest BCUT2D eigenvalue weighted by atomic mass is 32.2. The van der Waals surface area contributed by atoms with Crippen molar-refractivity contribution in [2.45, 2.75) is 17.4 Å². The predicted octanol–water partition coefficient (Wildman–Crippen LogP) is 3.05. The molecule has 0 radical (unpaired) electrons. The first-order valence-corrected chi connectivity index (χ1v) is 9.30. The van der Waals surface area contributed by atoms with E-state index in [0.29, 0.717) is 11.5 Å². The average molecular weight is 403 g/mol. The second kappa shape index (κ2) is 7.28. The Hall–Kier alpha value is -2.46. The Morgan fingerprint density at radius 2 is 1.85 bits per heavy atom. The molecule has 0 fully saturated rings. The van der Waals surface area contributed by atoms with Crippen LogP contribution in [-0.4, -0.2) is 45.4 Å². The quantitative estimate of drug-likeness (QED) is 0.768. The fourth-order valence-electron chi connectivity index (χ4n) is 2.55. The lowest BCUT2D eigenvalue weighted by Gasteiger charge is -2.29. The SMILES string of the molecule is CN(CC1COc2ccccc2O1)S(=O)(=O)c1cccc(OC(F)(F)F)c1. The maximum absolute atomic E-state index is 12.7. The van der Waals surface area contributed by atoms with Gasteiger partial charge in [0.1, 0.15) is 18.5 Å². The number of hydrogen-bond acceptors (Lipinski definition) is 5. The van der Waals surface area contributed by atoms with Crippen LogP contribution in [0, 0.1) is 0 Å². The summed E-state index contributed by atoms with van der Waals surface area (Å²) in [4.78, 5) is -0.316. The number of para-hydroxylation sites is 2. The van der Waals surface area contributed by atoms with E-state index in [-0.39, 0.29) is 18.0 Å². The highest BCUT2D eigenvalue weighted by molar-refractivity contribution is 7.89. The summed E-state index contributed by atoms with van der Waals surface area (Å²) >= 11 is 0. The normalized spacial score (nSPS) is 17.0. The van der Waals surface area contributed by atoms with Crippen molar-refractivity contribution in [3.63, 3.8) is 0 Å². The zero-order chi connectivity index (χ0) is 19.7. The molecule has 0 saturated heterocycles. The van der Waals surface area contributed by atoms with Gasteiger partial charge in [-0.2, -0.15) is 4.31 Å². The summed E-state index contributed by atoms with van der Waals surface area (Å²) in [6.07, 6.45) is -5.47. The van der Waals surface area contributed by atoms with Crippen molar-refractivity contribution < 1.29 is 35.8 Å². The van der Waals surface area contributed by atoms with E-state index in [0.717, 1.165) is 16.4 Å². The number of fused-ring (bicyclic) bond motifs is 1. The molecule has 0 N–H and O–H groups in total. The number of hydrogen-bond donors (Lipinski definition) is 0. The van der Waals surface area contributed by atoms with Gasteiger partial charge in [0.2, 0.25) is 10.0 Å². The molecular weight excluding hydrogens is 387 g/mol. The first-order chi connectivity index (χ1) is 12.6. The van der Waals surface area contributed by atoms with Crippen LogP contribution in [0.3, 0.4) is 0 Å². The fraction of sp³-hybridized carbons (Fsp3) is 0.294. The Bertz CT molecular complexity index is 917. The van der Waals surface area contributed by atoms with Crippen LogP contribution in [0.2, 0.25) is 0 Å². The molecule has 2 aromatic rings. The van der Waals surface area contributed by atoms with Crippen molar-refractivity contribution >= 4 is 10.0 Å². The number of nitrogens with zero attached hydrogens (tertiary/aromatic N) is 1. The Labute approximate surface area is 154 Å². The summed E-state index contributed by atoms with van der Waals surface area (Å²) in [7, 11) is -2.73. The van der Waals surface area contributed by atoms with Gasteiger partial charge < -0.3 is 14.2 Å². The molecular formula is C17H16F3NO5S. The molecule has 0 aliphatic carbocycles. The molecule has 6 nitrogen and oxygen atoms in total. The van der Waals surface area contributed by atoms with Crippen LogP contribution < -0.4 is 14.2 Å². The number of benzene rings is 2. The largest absolute Gasteiger partial charge is 0.573 e. The van der Waals surface area contributed by atoms with Crippen LogP contribution in [0.5, 0.6) is 17.2 Å². The third kappa shape index (κ3) is 4.64. The molecule has 1 aliphatic rings. The zero-order valence-corrected chi connectivity index (χ0v) is 15.0. The van der Waals surface area contributed by atoms with Crippen LogP contribution in [-0.2, 0) is 10.0 Å². The highest BCUT2D eigenvalue weighted by Gasteiger charge is 2.32. The first kappa shape index (κ1) is 19.3. The Morgan fingerprint density at radius 1 is 1.15 bits per heavy atom. The van der Waals surface area contributed by atoms with E-state index >= 15 is 0 Å². The Balaban J connectivity index is 1.73. The molecule has 0 amide bonds. The van der Waals surface area contributed by atoms with Gasteiger partial charge in [0.25, 0.3) is 0 Å². The molecule has 1 unspecified atom stereocenters. The predicted molar refractivity (Wildman–Crippen MR) is 89.3 cm³/mol. The summed E-state index contributed by atoms with van der Waals surface area (Å²) in [6, 6.07) is 11.2.